The van der Waals surface area contributed by atoms with Crippen LogP contribution in [0.25, 0.3) is 0 Å². The molecule has 0 aliphatic carbocycles. The third-order valence-electron chi connectivity index (χ3n) is 1.82. The lowest BCUT2D eigenvalue weighted by molar-refractivity contribution is 0.0983. The minimum atomic E-state index is -0.507. The van der Waals surface area contributed by atoms with E-state index in [0.717, 1.165) is 0 Å². The fourth-order valence-corrected chi connectivity index (χ4v) is 1.23. The lowest BCUT2D eigenvalue weighted by Crippen LogP contribution is -1.98. The molecule has 0 heterocycles. The van der Waals surface area contributed by atoms with Gasteiger partial charge in [-0.1, -0.05) is 17.7 Å². The summed E-state index contributed by atoms with van der Waals surface area (Å²) < 4.78 is 12.8. The fourth-order valence-electron chi connectivity index (χ4n) is 1.05. The predicted octanol–water partition coefficient (Wildman–Crippen LogP) is 3.63. The van der Waals surface area contributed by atoms with Crippen LogP contribution >= 0.6 is 11.6 Å². The highest BCUT2D eigenvalue weighted by atomic mass is 35.5. The Hall–Kier alpha value is -1.15. The van der Waals surface area contributed by atoms with Gasteiger partial charge in [-0.25, -0.2) is 4.39 Å². The zero-order chi connectivity index (χ0) is 10.6. The van der Waals surface area contributed by atoms with Crippen LogP contribution in [-0.2, 0) is 0 Å². The molecule has 0 amide bonds. The van der Waals surface area contributed by atoms with Crippen molar-refractivity contribution in [3.05, 3.63) is 47.3 Å². The Morgan fingerprint density at radius 3 is 2.86 bits per heavy atom. The van der Waals surface area contributed by atoms with Gasteiger partial charge in [-0.2, -0.15) is 0 Å². The molecule has 0 N–H and O–H groups in total. The average molecular weight is 213 g/mol. The third kappa shape index (κ3) is 2.67. The molecular formula is C11H10ClFO. The Balaban J connectivity index is 2.80. The highest BCUT2D eigenvalue weighted by Gasteiger charge is 2.07. The average Bonchev–Trinajstić information content (AvgIpc) is 2.18. The summed E-state index contributed by atoms with van der Waals surface area (Å²) in [5, 5.41) is -0.0190. The number of ketones is 1. The predicted molar refractivity (Wildman–Crippen MR) is 55.2 cm³/mol. The van der Waals surface area contributed by atoms with Crippen LogP contribution in [0.2, 0.25) is 5.02 Å². The summed E-state index contributed by atoms with van der Waals surface area (Å²) in [6.07, 6.45) is 2.67. The number of carbonyl (C=O) groups is 1. The van der Waals surface area contributed by atoms with Gasteiger partial charge in [0.05, 0.1) is 5.02 Å². The number of halogens is 2. The van der Waals surface area contributed by atoms with E-state index < -0.39 is 5.82 Å². The molecule has 0 radical (unpaired) electrons. The zero-order valence-corrected chi connectivity index (χ0v) is 8.35. The van der Waals surface area contributed by atoms with Crippen LogP contribution in [0, 0.1) is 5.82 Å². The fraction of sp³-hybridized carbons (Fsp3) is 0.182. The van der Waals surface area contributed by atoms with E-state index in [9.17, 15) is 9.18 Å². The maximum absolute atomic E-state index is 12.8. The van der Waals surface area contributed by atoms with E-state index in [0.29, 0.717) is 18.4 Å². The highest BCUT2D eigenvalue weighted by molar-refractivity contribution is 6.31. The molecule has 0 aliphatic rings. The Morgan fingerprint density at radius 2 is 2.29 bits per heavy atom. The van der Waals surface area contributed by atoms with Crippen molar-refractivity contribution in [2.75, 3.05) is 0 Å². The van der Waals surface area contributed by atoms with E-state index in [-0.39, 0.29) is 10.8 Å². The van der Waals surface area contributed by atoms with E-state index in [1.165, 1.54) is 18.2 Å². The van der Waals surface area contributed by atoms with E-state index in [1.54, 1.807) is 6.08 Å². The number of hydrogen-bond donors (Lipinski definition) is 0. The monoisotopic (exact) mass is 212 g/mol. The van der Waals surface area contributed by atoms with Crippen molar-refractivity contribution in [2.24, 2.45) is 0 Å². The van der Waals surface area contributed by atoms with Gasteiger partial charge in [0.1, 0.15) is 5.82 Å². The van der Waals surface area contributed by atoms with Crippen LogP contribution in [0.4, 0.5) is 4.39 Å². The quantitative estimate of drug-likeness (QED) is 0.550. The number of rotatable bonds is 4. The van der Waals surface area contributed by atoms with Gasteiger partial charge in [0.15, 0.2) is 5.78 Å². The number of Topliss-reactive ketones (excluding diaryl/α,β-unsaturated/α-hetero) is 1. The first kappa shape index (κ1) is 10.9. The molecule has 0 saturated carbocycles. The van der Waals surface area contributed by atoms with Crippen molar-refractivity contribution in [3.63, 3.8) is 0 Å². The summed E-state index contributed by atoms with van der Waals surface area (Å²) in [5.41, 5.74) is 0.443. The van der Waals surface area contributed by atoms with Crippen LogP contribution in [0.3, 0.4) is 0 Å². The Labute approximate surface area is 87.2 Å². The molecule has 0 saturated heterocycles. The summed E-state index contributed by atoms with van der Waals surface area (Å²) in [6, 6.07) is 3.98. The molecule has 0 fully saturated rings. The summed E-state index contributed by atoms with van der Waals surface area (Å²) in [6.45, 7) is 3.52. The molecule has 0 aliphatic heterocycles. The van der Waals surface area contributed by atoms with Gasteiger partial charge >= 0.3 is 0 Å². The van der Waals surface area contributed by atoms with E-state index >= 15 is 0 Å². The number of carbonyl (C=O) groups excluding carboxylic acids is 1. The van der Waals surface area contributed by atoms with Crippen molar-refractivity contribution in [3.8, 4) is 0 Å². The van der Waals surface area contributed by atoms with Crippen molar-refractivity contribution in [1.29, 1.82) is 0 Å². The Morgan fingerprint density at radius 1 is 1.57 bits per heavy atom. The van der Waals surface area contributed by atoms with Crippen LogP contribution in [-0.4, -0.2) is 5.78 Å². The van der Waals surface area contributed by atoms with Gasteiger partial charge in [0.25, 0.3) is 0 Å². The largest absolute Gasteiger partial charge is 0.294 e. The molecule has 74 valence electrons. The first-order valence-electron chi connectivity index (χ1n) is 4.24. The first-order chi connectivity index (χ1) is 6.65. The minimum absolute atomic E-state index is 0.0190. The van der Waals surface area contributed by atoms with Gasteiger partial charge in [-0.05, 0) is 24.6 Å². The normalized spacial score (nSPS) is 9.86. The maximum atomic E-state index is 12.8. The molecule has 14 heavy (non-hydrogen) atoms. The smallest absolute Gasteiger partial charge is 0.163 e. The van der Waals surface area contributed by atoms with Crippen LogP contribution in [0.15, 0.2) is 30.9 Å². The molecular weight excluding hydrogens is 203 g/mol. The standard InChI is InChI=1S/C11H10ClFO/c1-2-3-4-11(14)8-5-6-10(13)9(12)7-8/h2,5-7H,1,3-4H2. The van der Waals surface area contributed by atoms with Crippen molar-refractivity contribution >= 4 is 17.4 Å². The molecule has 1 nitrogen and oxygen atoms in total. The molecule has 0 atom stereocenters. The second-order valence-electron chi connectivity index (χ2n) is 2.88. The number of benzene rings is 1. The zero-order valence-electron chi connectivity index (χ0n) is 7.59. The molecule has 0 spiro atoms. The van der Waals surface area contributed by atoms with Gasteiger partial charge in [-0.15, -0.1) is 6.58 Å². The third-order valence-corrected chi connectivity index (χ3v) is 2.11. The topological polar surface area (TPSA) is 17.1 Å². The van der Waals surface area contributed by atoms with Crippen LogP contribution in [0.1, 0.15) is 23.2 Å². The summed E-state index contributed by atoms with van der Waals surface area (Å²) in [4.78, 5) is 11.4. The second kappa shape index (κ2) is 4.91. The van der Waals surface area contributed by atoms with Gasteiger partial charge in [0, 0.05) is 12.0 Å². The summed E-state index contributed by atoms with van der Waals surface area (Å²) in [5.74, 6) is -0.557. The summed E-state index contributed by atoms with van der Waals surface area (Å²) in [7, 11) is 0. The van der Waals surface area contributed by atoms with Gasteiger partial charge in [-0.3, -0.25) is 4.79 Å². The first-order valence-corrected chi connectivity index (χ1v) is 4.62. The highest BCUT2D eigenvalue weighted by Crippen LogP contribution is 2.17. The van der Waals surface area contributed by atoms with E-state index in [1.807, 2.05) is 0 Å². The lowest BCUT2D eigenvalue weighted by atomic mass is 10.1. The molecule has 0 bridgehead atoms. The minimum Gasteiger partial charge on any atom is -0.294 e. The van der Waals surface area contributed by atoms with Crippen LogP contribution < -0.4 is 0 Å². The molecule has 3 heteroatoms. The summed E-state index contributed by atoms with van der Waals surface area (Å²) >= 11 is 5.54. The van der Waals surface area contributed by atoms with Crippen LogP contribution in [0.5, 0.6) is 0 Å². The van der Waals surface area contributed by atoms with Gasteiger partial charge in [0.2, 0.25) is 0 Å². The maximum Gasteiger partial charge on any atom is 0.163 e. The second-order valence-corrected chi connectivity index (χ2v) is 3.29. The van der Waals surface area contributed by atoms with Gasteiger partial charge < -0.3 is 0 Å². The lowest BCUT2D eigenvalue weighted by Gasteiger charge is -2.00. The van der Waals surface area contributed by atoms with Crippen molar-refractivity contribution < 1.29 is 9.18 Å². The SMILES string of the molecule is C=CCCC(=O)c1ccc(F)c(Cl)c1. The Bertz CT molecular complexity index is 360. The molecule has 0 aromatic heterocycles. The number of allylic oxidation sites excluding steroid dienone is 1. The van der Waals surface area contributed by atoms with Crippen molar-refractivity contribution in [1.82, 2.24) is 0 Å². The molecule has 1 rings (SSSR count). The molecule has 1 aromatic rings. The number of hydrogen-bond acceptors (Lipinski definition) is 1. The van der Waals surface area contributed by atoms with E-state index in [2.05, 4.69) is 6.58 Å². The van der Waals surface area contributed by atoms with E-state index in [4.69, 9.17) is 11.6 Å². The molecule has 1 aromatic carbocycles. The molecule has 0 unspecified atom stereocenters. The van der Waals surface area contributed by atoms with Crippen molar-refractivity contribution in [2.45, 2.75) is 12.8 Å². The Kier molecular flexibility index (Phi) is 3.84.